The third-order valence-corrected chi connectivity index (χ3v) is 3.05. The molecule has 1 saturated heterocycles. The lowest BCUT2D eigenvalue weighted by atomic mass is 9.87. The van der Waals surface area contributed by atoms with Crippen molar-refractivity contribution in [2.75, 3.05) is 13.1 Å². The fraction of sp³-hybridized carbons (Fsp3) is 0.929. The van der Waals surface area contributed by atoms with Crippen LogP contribution >= 0.6 is 0 Å². The summed E-state index contributed by atoms with van der Waals surface area (Å²) in [5.41, 5.74) is -1.16. The summed E-state index contributed by atoms with van der Waals surface area (Å²) >= 11 is 0. The van der Waals surface area contributed by atoms with Gasteiger partial charge in [-0.25, -0.2) is 4.79 Å². The SMILES string of the molecule is CC(C)CCCC1(O)CN(C(=O)OC(C)(C)C)C1. The maximum Gasteiger partial charge on any atom is 0.410 e. The van der Waals surface area contributed by atoms with Crippen molar-refractivity contribution in [1.82, 2.24) is 4.90 Å². The number of likely N-dealkylation sites (tertiary alicyclic amines) is 1. The number of carbonyl (C=O) groups is 1. The maximum atomic E-state index is 11.7. The van der Waals surface area contributed by atoms with Crippen molar-refractivity contribution in [2.45, 2.75) is 65.1 Å². The number of amides is 1. The largest absolute Gasteiger partial charge is 0.444 e. The Morgan fingerprint density at radius 3 is 2.39 bits per heavy atom. The third-order valence-electron chi connectivity index (χ3n) is 3.05. The van der Waals surface area contributed by atoms with Crippen LogP contribution in [-0.4, -0.2) is 40.4 Å². The molecule has 1 N–H and O–H groups in total. The van der Waals surface area contributed by atoms with Crippen molar-refractivity contribution in [1.29, 1.82) is 0 Å². The monoisotopic (exact) mass is 257 g/mol. The molecule has 18 heavy (non-hydrogen) atoms. The van der Waals surface area contributed by atoms with E-state index in [4.69, 9.17) is 4.74 Å². The lowest BCUT2D eigenvalue weighted by Crippen LogP contribution is -2.64. The van der Waals surface area contributed by atoms with Crippen LogP contribution in [0.3, 0.4) is 0 Å². The van der Waals surface area contributed by atoms with Gasteiger partial charge in [-0.15, -0.1) is 0 Å². The Morgan fingerprint density at radius 1 is 1.39 bits per heavy atom. The lowest BCUT2D eigenvalue weighted by Gasteiger charge is -2.46. The summed E-state index contributed by atoms with van der Waals surface area (Å²) in [6.45, 7) is 10.7. The quantitative estimate of drug-likeness (QED) is 0.842. The molecule has 1 aliphatic heterocycles. The second-order valence-corrected chi connectivity index (χ2v) is 6.85. The van der Waals surface area contributed by atoms with E-state index in [2.05, 4.69) is 13.8 Å². The van der Waals surface area contributed by atoms with E-state index in [1.807, 2.05) is 20.8 Å². The second kappa shape index (κ2) is 5.47. The Labute approximate surface area is 110 Å². The van der Waals surface area contributed by atoms with E-state index in [0.29, 0.717) is 19.0 Å². The van der Waals surface area contributed by atoms with Crippen molar-refractivity contribution in [3.8, 4) is 0 Å². The van der Waals surface area contributed by atoms with Crippen LogP contribution < -0.4 is 0 Å². The minimum atomic E-state index is -0.689. The van der Waals surface area contributed by atoms with Crippen LogP contribution in [0.1, 0.15) is 53.9 Å². The molecule has 0 aromatic carbocycles. The Morgan fingerprint density at radius 2 is 1.94 bits per heavy atom. The Kier molecular flexibility index (Phi) is 4.65. The van der Waals surface area contributed by atoms with Crippen molar-refractivity contribution in [3.05, 3.63) is 0 Å². The van der Waals surface area contributed by atoms with Crippen LogP contribution in [0.2, 0.25) is 0 Å². The number of hydrogen-bond donors (Lipinski definition) is 1. The molecular weight excluding hydrogens is 230 g/mol. The molecular formula is C14H27NO3. The molecule has 106 valence electrons. The number of ether oxygens (including phenoxy) is 1. The summed E-state index contributed by atoms with van der Waals surface area (Å²) in [7, 11) is 0. The van der Waals surface area contributed by atoms with Gasteiger partial charge in [0.1, 0.15) is 5.60 Å². The lowest BCUT2D eigenvalue weighted by molar-refractivity contribution is -0.103. The zero-order chi connectivity index (χ0) is 14.0. The molecule has 1 amide bonds. The highest BCUT2D eigenvalue weighted by molar-refractivity contribution is 5.69. The fourth-order valence-electron chi connectivity index (χ4n) is 2.12. The first kappa shape index (κ1) is 15.3. The molecule has 4 nitrogen and oxygen atoms in total. The van der Waals surface area contributed by atoms with Crippen LogP contribution in [0.15, 0.2) is 0 Å². The summed E-state index contributed by atoms with van der Waals surface area (Å²) in [6, 6.07) is 0. The molecule has 0 bridgehead atoms. The molecule has 1 rings (SSSR count). The van der Waals surface area contributed by atoms with Crippen LogP contribution in [0.5, 0.6) is 0 Å². The molecule has 0 aliphatic carbocycles. The van der Waals surface area contributed by atoms with Gasteiger partial charge in [0.25, 0.3) is 0 Å². The van der Waals surface area contributed by atoms with E-state index < -0.39 is 11.2 Å². The van der Waals surface area contributed by atoms with Gasteiger partial charge in [0.05, 0.1) is 18.7 Å². The molecule has 0 unspecified atom stereocenters. The molecule has 1 aliphatic rings. The van der Waals surface area contributed by atoms with Crippen molar-refractivity contribution in [2.24, 2.45) is 5.92 Å². The van der Waals surface area contributed by atoms with Gasteiger partial charge >= 0.3 is 6.09 Å². The number of carbonyl (C=O) groups excluding carboxylic acids is 1. The summed E-state index contributed by atoms with van der Waals surface area (Å²) in [5, 5.41) is 10.2. The minimum Gasteiger partial charge on any atom is -0.444 e. The number of β-amino-alcohol motifs (C(OH)–C–C–N with tert-alkyl or cyclic N) is 1. The molecule has 0 spiro atoms. The van der Waals surface area contributed by atoms with E-state index in [1.54, 1.807) is 4.90 Å². The Hall–Kier alpha value is -0.770. The number of hydrogen-bond acceptors (Lipinski definition) is 3. The predicted molar refractivity (Wildman–Crippen MR) is 71.4 cm³/mol. The van der Waals surface area contributed by atoms with Gasteiger partial charge in [-0.3, -0.25) is 0 Å². The molecule has 0 aromatic rings. The zero-order valence-corrected chi connectivity index (χ0v) is 12.3. The predicted octanol–water partition coefficient (Wildman–Crippen LogP) is 2.79. The summed E-state index contributed by atoms with van der Waals surface area (Å²) in [5.74, 6) is 0.663. The molecule has 0 radical (unpaired) electrons. The average Bonchev–Trinajstić information content (AvgIpc) is 2.10. The molecule has 1 heterocycles. The van der Waals surface area contributed by atoms with Crippen molar-refractivity contribution < 1.29 is 14.6 Å². The standard InChI is InChI=1S/C14H27NO3/c1-11(2)7-6-8-14(17)9-15(10-14)12(16)18-13(3,4)5/h11,17H,6-10H2,1-5H3. The summed E-state index contributed by atoms with van der Waals surface area (Å²) < 4.78 is 5.25. The first-order valence-electron chi connectivity index (χ1n) is 6.82. The van der Waals surface area contributed by atoms with Gasteiger partial charge in [-0.05, 0) is 33.1 Å². The maximum absolute atomic E-state index is 11.7. The highest BCUT2D eigenvalue weighted by Gasteiger charge is 2.44. The minimum absolute atomic E-state index is 0.323. The fourth-order valence-corrected chi connectivity index (χ4v) is 2.12. The topological polar surface area (TPSA) is 49.8 Å². The van der Waals surface area contributed by atoms with Crippen LogP contribution in [-0.2, 0) is 4.74 Å². The number of nitrogens with zero attached hydrogens (tertiary/aromatic N) is 1. The van der Waals surface area contributed by atoms with Gasteiger partial charge in [-0.1, -0.05) is 26.7 Å². The van der Waals surface area contributed by atoms with Gasteiger partial charge < -0.3 is 14.7 Å². The van der Waals surface area contributed by atoms with Crippen LogP contribution in [0.4, 0.5) is 4.79 Å². The van der Waals surface area contributed by atoms with Crippen molar-refractivity contribution in [3.63, 3.8) is 0 Å². The normalized spacial score (nSPS) is 18.7. The van der Waals surface area contributed by atoms with E-state index in [-0.39, 0.29) is 6.09 Å². The number of aliphatic hydroxyl groups is 1. The first-order valence-corrected chi connectivity index (χ1v) is 6.82. The van der Waals surface area contributed by atoms with Gasteiger partial charge in [0, 0.05) is 0 Å². The molecule has 4 heteroatoms. The smallest absolute Gasteiger partial charge is 0.410 e. The van der Waals surface area contributed by atoms with E-state index >= 15 is 0 Å². The summed E-state index contributed by atoms with van der Waals surface area (Å²) in [6.07, 6.45) is 2.58. The second-order valence-electron chi connectivity index (χ2n) is 6.85. The van der Waals surface area contributed by atoms with E-state index in [1.165, 1.54) is 0 Å². The van der Waals surface area contributed by atoms with Crippen LogP contribution in [0.25, 0.3) is 0 Å². The van der Waals surface area contributed by atoms with E-state index in [9.17, 15) is 9.90 Å². The molecule has 0 atom stereocenters. The highest BCUT2D eigenvalue weighted by atomic mass is 16.6. The Bertz CT molecular complexity index is 288. The Balaban J connectivity index is 2.27. The van der Waals surface area contributed by atoms with Gasteiger partial charge in [0.15, 0.2) is 0 Å². The van der Waals surface area contributed by atoms with Crippen LogP contribution in [0, 0.1) is 5.92 Å². The van der Waals surface area contributed by atoms with Crippen molar-refractivity contribution >= 4 is 6.09 Å². The van der Waals surface area contributed by atoms with Gasteiger partial charge in [-0.2, -0.15) is 0 Å². The van der Waals surface area contributed by atoms with E-state index in [0.717, 1.165) is 19.3 Å². The number of rotatable bonds is 4. The zero-order valence-electron chi connectivity index (χ0n) is 12.3. The highest BCUT2D eigenvalue weighted by Crippen LogP contribution is 2.28. The van der Waals surface area contributed by atoms with Gasteiger partial charge in [0.2, 0.25) is 0 Å². The molecule has 0 aromatic heterocycles. The molecule has 0 saturated carbocycles. The average molecular weight is 257 g/mol. The molecule has 1 fully saturated rings. The first-order chi connectivity index (χ1) is 8.11. The third kappa shape index (κ3) is 4.84. The summed E-state index contributed by atoms with van der Waals surface area (Å²) in [4.78, 5) is 13.3.